The quantitative estimate of drug-likeness (QED) is 0.605. The highest BCUT2D eigenvalue weighted by Crippen LogP contribution is 2.42. The standard InChI is InChI=1S/C27H30N2O/c28-26(30)27(23-15-6-2-7-16-23,24-17-8-3-9-18-24)25-19-11-21-29(25)20-10-14-22-12-4-1-5-13-22/h1-9,12-13,15-18,25H,10-11,14,19-21H2,(H2,28,30). The highest BCUT2D eigenvalue weighted by atomic mass is 16.1. The number of hydrogen-bond donors (Lipinski definition) is 1. The summed E-state index contributed by atoms with van der Waals surface area (Å²) in [7, 11) is 0. The maximum absolute atomic E-state index is 13.2. The van der Waals surface area contributed by atoms with Gasteiger partial charge in [-0.2, -0.15) is 0 Å². The lowest BCUT2D eigenvalue weighted by atomic mass is 9.67. The second-order valence-electron chi connectivity index (χ2n) is 8.19. The Bertz CT molecular complexity index is 901. The van der Waals surface area contributed by atoms with Crippen LogP contribution in [0.4, 0.5) is 0 Å². The van der Waals surface area contributed by atoms with Crippen molar-refractivity contribution >= 4 is 5.91 Å². The zero-order chi connectivity index (χ0) is 20.8. The first-order chi connectivity index (χ1) is 14.7. The van der Waals surface area contributed by atoms with Crippen molar-refractivity contribution in [2.24, 2.45) is 5.73 Å². The number of nitrogens with zero attached hydrogens (tertiary/aromatic N) is 1. The molecule has 1 saturated heterocycles. The molecule has 3 heteroatoms. The van der Waals surface area contributed by atoms with Crippen molar-refractivity contribution in [2.75, 3.05) is 13.1 Å². The Hall–Kier alpha value is -2.91. The largest absolute Gasteiger partial charge is 0.369 e. The van der Waals surface area contributed by atoms with Crippen molar-refractivity contribution < 1.29 is 4.79 Å². The van der Waals surface area contributed by atoms with E-state index in [9.17, 15) is 4.79 Å². The van der Waals surface area contributed by atoms with Crippen molar-refractivity contribution in [3.05, 3.63) is 108 Å². The summed E-state index contributed by atoms with van der Waals surface area (Å²) in [6, 6.07) is 30.9. The molecule has 1 fully saturated rings. The zero-order valence-electron chi connectivity index (χ0n) is 17.4. The molecule has 3 nitrogen and oxygen atoms in total. The fraction of sp³-hybridized carbons (Fsp3) is 0.296. The van der Waals surface area contributed by atoms with Gasteiger partial charge >= 0.3 is 0 Å². The van der Waals surface area contributed by atoms with Gasteiger partial charge in [0.1, 0.15) is 5.41 Å². The van der Waals surface area contributed by atoms with Gasteiger partial charge in [-0.05, 0) is 55.5 Å². The Labute approximate surface area is 179 Å². The van der Waals surface area contributed by atoms with Gasteiger partial charge in [-0.25, -0.2) is 0 Å². The van der Waals surface area contributed by atoms with Gasteiger partial charge in [-0.15, -0.1) is 0 Å². The minimum absolute atomic E-state index is 0.0653. The lowest BCUT2D eigenvalue weighted by Crippen LogP contribution is -2.56. The first kappa shape index (κ1) is 20.4. The zero-order valence-corrected chi connectivity index (χ0v) is 17.4. The van der Waals surface area contributed by atoms with Gasteiger partial charge in [0.25, 0.3) is 0 Å². The van der Waals surface area contributed by atoms with Gasteiger partial charge in [-0.1, -0.05) is 91.0 Å². The molecule has 0 radical (unpaired) electrons. The first-order valence-electron chi connectivity index (χ1n) is 10.9. The topological polar surface area (TPSA) is 46.3 Å². The lowest BCUT2D eigenvalue weighted by Gasteiger charge is -2.42. The van der Waals surface area contributed by atoms with Crippen molar-refractivity contribution in [3.8, 4) is 0 Å². The number of amides is 1. The molecule has 1 heterocycles. The minimum Gasteiger partial charge on any atom is -0.369 e. The van der Waals surface area contributed by atoms with E-state index in [4.69, 9.17) is 5.73 Å². The molecule has 0 aromatic heterocycles. The van der Waals surface area contributed by atoms with Gasteiger partial charge in [0.05, 0.1) is 0 Å². The molecule has 3 aromatic carbocycles. The van der Waals surface area contributed by atoms with Crippen LogP contribution >= 0.6 is 0 Å². The third kappa shape index (κ3) is 3.90. The van der Waals surface area contributed by atoms with E-state index in [1.54, 1.807) is 0 Å². The summed E-state index contributed by atoms with van der Waals surface area (Å²) in [5, 5.41) is 0. The smallest absolute Gasteiger partial charge is 0.234 e. The van der Waals surface area contributed by atoms with E-state index in [0.717, 1.165) is 49.9 Å². The van der Waals surface area contributed by atoms with Crippen LogP contribution in [0.25, 0.3) is 0 Å². The van der Waals surface area contributed by atoms with Gasteiger partial charge in [-0.3, -0.25) is 9.69 Å². The maximum atomic E-state index is 13.2. The summed E-state index contributed by atoms with van der Waals surface area (Å²) in [6.45, 7) is 1.97. The second-order valence-corrected chi connectivity index (χ2v) is 8.19. The summed E-state index contributed by atoms with van der Waals surface area (Å²) in [6.07, 6.45) is 4.17. The van der Waals surface area contributed by atoms with Crippen LogP contribution < -0.4 is 5.73 Å². The molecule has 1 atom stereocenters. The third-order valence-corrected chi connectivity index (χ3v) is 6.46. The minimum atomic E-state index is -0.842. The molecule has 1 amide bonds. The van der Waals surface area contributed by atoms with Crippen LogP contribution in [0.15, 0.2) is 91.0 Å². The van der Waals surface area contributed by atoms with E-state index in [2.05, 4.69) is 59.5 Å². The number of likely N-dealkylation sites (tertiary alicyclic amines) is 1. The number of aryl methyl sites for hydroxylation is 1. The van der Waals surface area contributed by atoms with Crippen molar-refractivity contribution in [3.63, 3.8) is 0 Å². The van der Waals surface area contributed by atoms with Crippen molar-refractivity contribution in [1.82, 2.24) is 4.90 Å². The van der Waals surface area contributed by atoms with Crippen molar-refractivity contribution in [2.45, 2.75) is 37.1 Å². The predicted molar refractivity (Wildman–Crippen MR) is 122 cm³/mol. The molecule has 0 spiro atoms. The summed E-state index contributed by atoms with van der Waals surface area (Å²) >= 11 is 0. The maximum Gasteiger partial charge on any atom is 0.234 e. The molecule has 30 heavy (non-hydrogen) atoms. The molecular formula is C27H30N2O. The molecule has 1 unspecified atom stereocenters. The van der Waals surface area contributed by atoms with Gasteiger partial charge in [0, 0.05) is 6.04 Å². The molecule has 1 aliphatic rings. The average molecular weight is 399 g/mol. The predicted octanol–water partition coefficient (Wildman–Crippen LogP) is 4.56. The molecule has 4 rings (SSSR count). The number of primary amides is 1. The van der Waals surface area contributed by atoms with Crippen molar-refractivity contribution in [1.29, 1.82) is 0 Å². The Kier molecular flexibility index (Phi) is 6.29. The average Bonchev–Trinajstić information content (AvgIpc) is 3.25. The second kappa shape index (κ2) is 9.27. The Morgan fingerprint density at radius 2 is 1.40 bits per heavy atom. The first-order valence-corrected chi connectivity index (χ1v) is 10.9. The van der Waals surface area contributed by atoms with E-state index >= 15 is 0 Å². The summed E-state index contributed by atoms with van der Waals surface area (Å²) in [5.41, 5.74) is 8.73. The molecule has 0 bridgehead atoms. The van der Waals surface area contributed by atoms with Gasteiger partial charge in [0.2, 0.25) is 5.91 Å². The Balaban J connectivity index is 1.66. The van der Waals surface area contributed by atoms with Gasteiger partial charge < -0.3 is 5.73 Å². The van der Waals surface area contributed by atoms with Crippen LogP contribution in [0.2, 0.25) is 0 Å². The molecule has 0 aliphatic carbocycles. The highest BCUT2D eigenvalue weighted by molar-refractivity contribution is 5.92. The molecule has 154 valence electrons. The van der Waals surface area contributed by atoms with Crippen LogP contribution in [0.1, 0.15) is 36.0 Å². The number of carbonyl (C=O) groups excluding carboxylic acids is 1. The molecule has 0 saturated carbocycles. The lowest BCUT2D eigenvalue weighted by molar-refractivity contribution is -0.124. The van der Waals surface area contributed by atoms with E-state index in [-0.39, 0.29) is 11.9 Å². The van der Waals surface area contributed by atoms with E-state index in [1.807, 2.05) is 36.4 Å². The summed E-state index contributed by atoms with van der Waals surface area (Å²) in [4.78, 5) is 15.7. The molecule has 3 aromatic rings. The van der Waals surface area contributed by atoms with Crippen LogP contribution in [-0.4, -0.2) is 29.9 Å². The molecule has 2 N–H and O–H groups in total. The number of rotatable bonds is 8. The third-order valence-electron chi connectivity index (χ3n) is 6.46. The van der Waals surface area contributed by atoms with E-state index < -0.39 is 5.41 Å². The molecular weight excluding hydrogens is 368 g/mol. The summed E-state index contributed by atoms with van der Waals surface area (Å²) < 4.78 is 0. The monoisotopic (exact) mass is 398 g/mol. The Morgan fingerprint density at radius 1 is 0.867 bits per heavy atom. The SMILES string of the molecule is NC(=O)C(c1ccccc1)(c1ccccc1)C1CCCN1CCCc1ccccc1. The van der Waals surface area contributed by atoms with Gasteiger partial charge in [0.15, 0.2) is 0 Å². The number of hydrogen-bond acceptors (Lipinski definition) is 2. The van der Waals surface area contributed by atoms with E-state index in [1.165, 1.54) is 5.56 Å². The van der Waals surface area contributed by atoms with Crippen LogP contribution in [0.5, 0.6) is 0 Å². The van der Waals surface area contributed by atoms with E-state index in [0.29, 0.717) is 0 Å². The van der Waals surface area contributed by atoms with Crippen LogP contribution in [-0.2, 0) is 16.6 Å². The number of nitrogens with two attached hydrogens (primary N) is 1. The molecule has 1 aliphatic heterocycles. The van der Waals surface area contributed by atoms with Crippen LogP contribution in [0, 0.1) is 0 Å². The fourth-order valence-corrected chi connectivity index (χ4v) is 5.12. The summed E-state index contributed by atoms with van der Waals surface area (Å²) in [5.74, 6) is -0.264. The van der Waals surface area contributed by atoms with Crippen LogP contribution in [0.3, 0.4) is 0 Å². The number of benzene rings is 3. The highest BCUT2D eigenvalue weighted by Gasteiger charge is 2.50. The normalized spacial score (nSPS) is 17.1. The Morgan fingerprint density at radius 3 is 1.93 bits per heavy atom. The number of carbonyl (C=O) groups is 1. The fourth-order valence-electron chi connectivity index (χ4n) is 5.12.